The normalized spacial score (nSPS) is 9.33. The maximum atomic E-state index is 10.6. The third-order valence-electron chi connectivity index (χ3n) is 1.02. The summed E-state index contributed by atoms with van der Waals surface area (Å²) < 4.78 is 0.852. The highest BCUT2D eigenvalue weighted by atomic mass is 16.2. The number of urea groups is 1. The summed E-state index contributed by atoms with van der Waals surface area (Å²) in [5, 5.41) is 8.78. The Kier molecular flexibility index (Phi) is 1.90. The van der Waals surface area contributed by atoms with Crippen molar-refractivity contribution in [3.63, 3.8) is 0 Å². The van der Waals surface area contributed by atoms with Crippen molar-refractivity contribution >= 4 is 18.0 Å². The zero-order valence-corrected chi connectivity index (χ0v) is 5.89. The highest BCUT2D eigenvalue weighted by Crippen LogP contribution is 1.98. The summed E-state index contributed by atoms with van der Waals surface area (Å²) in [5.41, 5.74) is 9.66. The van der Waals surface area contributed by atoms with Gasteiger partial charge in [0.1, 0.15) is 6.33 Å². The summed E-state index contributed by atoms with van der Waals surface area (Å²) in [7, 11) is 0. The number of carbonyl (C=O) groups is 2. The van der Waals surface area contributed by atoms with E-state index >= 15 is 0 Å². The average molecular weight is 170 g/mol. The van der Waals surface area contributed by atoms with Gasteiger partial charge in [0, 0.05) is 0 Å². The molecule has 1 aromatic heterocycles. The summed E-state index contributed by atoms with van der Waals surface area (Å²) in [6, 6.07) is -1.64. The Morgan fingerprint density at radius 1 is 1.50 bits per heavy atom. The van der Waals surface area contributed by atoms with Crippen LogP contribution in [0.1, 0.15) is 0 Å². The first-order valence-electron chi connectivity index (χ1n) is 2.87. The smallest absolute Gasteiger partial charge is 0.327 e. The molecule has 0 atom stereocenters. The van der Waals surface area contributed by atoms with E-state index in [-0.39, 0.29) is 5.95 Å². The fourth-order valence-corrected chi connectivity index (χ4v) is 0.592. The summed E-state index contributed by atoms with van der Waals surface area (Å²) in [6.07, 6.45) is 1.06. The Balaban J connectivity index is 2.91. The van der Waals surface area contributed by atoms with Crippen molar-refractivity contribution in [3.8, 4) is 0 Å². The zero-order chi connectivity index (χ0) is 9.14. The van der Waals surface area contributed by atoms with Gasteiger partial charge >= 0.3 is 12.1 Å². The van der Waals surface area contributed by atoms with E-state index in [9.17, 15) is 9.59 Å². The number of anilines is 1. The number of carbonyl (C=O) groups excluding carboxylic acids is 2. The van der Waals surface area contributed by atoms with E-state index in [0.717, 1.165) is 10.9 Å². The molecule has 1 aromatic rings. The van der Waals surface area contributed by atoms with Crippen molar-refractivity contribution in [1.29, 1.82) is 0 Å². The number of amides is 3. The third kappa shape index (κ3) is 1.48. The first kappa shape index (κ1) is 7.98. The minimum absolute atomic E-state index is 0.102. The van der Waals surface area contributed by atoms with Crippen LogP contribution in [-0.2, 0) is 0 Å². The molecule has 1 rings (SSSR count). The standard InChI is InChI=1S/C4H6N6O2/c5-2(11)8-4-9-7-1-10(4)3(6)12/h1H,(H2,6,12)(H3,5,8,9,11). The highest BCUT2D eigenvalue weighted by molar-refractivity contribution is 5.88. The molecule has 5 N–H and O–H groups in total. The molecule has 1 heterocycles. The molecule has 0 aliphatic rings. The van der Waals surface area contributed by atoms with Crippen LogP contribution in [0, 0.1) is 0 Å². The van der Waals surface area contributed by atoms with Crippen LogP contribution in [0.4, 0.5) is 15.5 Å². The van der Waals surface area contributed by atoms with Gasteiger partial charge < -0.3 is 11.5 Å². The average Bonchev–Trinajstić information content (AvgIpc) is 2.33. The molecule has 0 unspecified atom stereocenters. The van der Waals surface area contributed by atoms with Crippen LogP contribution >= 0.6 is 0 Å². The largest absolute Gasteiger partial charge is 0.351 e. The summed E-state index contributed by atoms with van der Waals surface area (Å²) in [4.78, 5) is 20.9. The molecule has 0 saturated heterocycles. The van der Waals surface area contributed by atoms with Crippen LogP contribution in [-0.4, -0.2) is 26.8 Å². The van der Waals surface area contributed by atoms with Gasteiger partial charge in [-0.15, -0.1) is 10.2 Å². The van der Waals surface area contributed by atoms with Gasteiger partial charge in [-0.2, -0.15) is 0 Å². The Morgan fingerprint density at radius 3 is 2.67 bits per heavy atom. The molecule has 0 aliphatic heterocycles. The van der Waals surface area contributed by atoms with Gasteiger partial charge in [-0.3, -0.25) is 5.32 Å². The number of hydrogen-bond donors (Lipinski definition) is 3. The summed E-state index contributed by atoms with van der Waals surface area (Å²) in [6.45, 7) is 0. The second-order valence-electron chi connectivity index (χ2n) is 1.85. The predicted octanol–water partition coefficient (Wildman–Crippen LogP) is -1.30. The molecule has 0 aromatic carbocycles. The van der Waals surface area contributed by atoms with Gasteiger partial charge in [0.15, 0.2) is 0 Å². The second kappa shape index (κ2) is 2.86. The lowest BCUT2D eigenvalue weighted by Gasteiger charge is -1.99. The molecule has 0 aliphatic carbocycles. The number of nitrogens with two attached hydrogens (primary N) is 2. The number of rotatable bonds is 1. The van der Waals surface area contributed by atoms with Crippen LogP contribution in [0.3, 0.4) is 0 Å². The summed E-state index contributed by atoms with van der Waals surface area (Å²) in [5.74, 6) is -0.102. The SMILES string of the molecule is NC(=O)Nc1nncn1C(N)=O. The minimum Gasteiger partial charge on any atom is -0.351 e. The molecule has 0 fully saturated rings. The van der Waals surface area contributed by atoms with Crippen LogP contribution < -0.4 is 16.8 Å². The van der Waals surface area contributed by atoms with Crippen molar-refractivity contribution in [2.45, 2.75) is 0 Å². The molecule has 0 saturated carbocycles. The molecule has 8 nitrogen and oxygen atoms in total. The first-order valence-corrected chi connectivity index (χ1v) is 2.87. The number of nitrogens with zero attached hydrogens (tertiary/aromatic N) is 3. The Bertz CT molecular complexity index is 317. The predicted molar refractivity (Wildman–Crippen MR) is 38.2 cm³/mol. The van der Waals surface area contributed by atoms with E-state index in [0.29, 0.717) is 0 Å². The monoisotopic (exact) mass is 170 g/mol. The van der Waals surface area contributed by atoms with Crippen LogP contribution in [0.5, 0.6) is 0 Å². The molecule has 12 heavy (non-hydrogen) atoms. The maximum absolute atomic E-state index is 10.6. The molecule has 8 heteroatoms. The van der Waals surface area contributed by atoms with Gasteiger partial charge in [-0.1, -0.05) is 0 Å². The molecular formula is C4H6N6O2. The van der Waals surface area contributed by atoms with Crippen molar-refractivity contribution in [2.24, 2.45) is 11.5 Å². The van der Waals surface area contributed by atoms with Gasteiger partial charge in [0.25, 0.3) is 0 Å². The topological polar surface area (TPSA) is 129 Å². The van der Waals surface area contributed by atoms with Crippen LogP contribution in [0.2, 0.25) is 0 Å². The van der Waals surface area contributed by atoms with E-state index in [2.05, 4.69) is 15.5 Å². The Morgan fingerprint density at radius 2 is 2.17 bits per heavy atom. The first-order chi connectivity index (χ1) is 5.61. The maximum Gasteiger partial charge on any atom is 0.327 e. The minimum atomic E-state index is -0.842. The van der Waals surface area contributed by atoms with Gasteiger partial charge in [-0.05, 0) is 0 Å². The fraction of sp³-hybridized carbons (Fsp3) is 0. The van der Waals surface area contributed by atoms with Gasteiger partial charge in [0.05, 0.1) is 0 Å². The molecule has 0 bridgehead atoms. The highest BCUT2D eigenvalue weighted by Gasteiger charge is 2.08. The molecule has 0 spiro atoms. The lowest BCUT2D eigenvalue weighted by atomic mass is 10.8. The summed E-state index contributed by atoms with van der Waals surface area (Å²) >= 11 is 0. The Labute approximate surface area is 66.5 Å². The van der Waals surface area contributed by atoms with Gasteiger partial charge in [-0.25, -0.2) is 14.2 Å². The zero-order valence-electron chi connectivity index (χ0n) is 5.89. The van der Waals surface area contributed by atoms with E-state index < -0.39 is 12.1 Å². The number of primary amides is 2. The van der Waals surface area contributed by atoms with E-state index in [1.165, 1.54) is 0 Å². The number of aromatic nitrogens is 3. The van der Waals surface area contributed by atoms with Crippen LogP contribution in [0.25, 0.3) is 0 Å². The number of nitrogens with one attached hydrogen (secondary N) is 1. The molecular weight excluding hydrogens is 164 g/mol. The van der Waals surface area contributed by atoms with Crippen molar-refractivity contribution in [3.05, 3.63) is 6.33 Å². The van der Waals surface area contributed by atoms with Crippen LogP contribution in [0.15, 0.2) is 6.33 Å². The quantitative estimate of drug-likeness (QED) is 0.483. The van der Waals surface area contributed by atoms with Gasteiger partial charge in [0.2, 0.25) is 5.95 Å². The van der Waals surface area contributed by atoms with Crippen molar-refractivity contribution in [2.75, 3.05) is 5.32 Å². The molecule has 3 amide bonds. The lowest BCUT2D eigenvalue weighted by Crippen LogP contribution is -2.26. The van der Waals surface area contributed by atoms with E-state index in [1.807, 2.05) is 0 Å². The van der Waals surface area contributed by atoms with Crippen molar-refractivity contribution in [1.82, 2.24) is 14.8 Å². The third-order valence-corrected chi connectivity index (χ3v) is 1.02. The Hall–Kier alpha value is -2.12. The second-order valence-corrected chi connectivity index (χ2v) is 1.85. The molecule has 0 radical (unpaired) electrons. The number of hydrogen-bond acceptors (Lipinski definition) is 4. The van der Waals surface area contributed by atoms with E-state index in [4.69, 9.17) is 11.5 Å². The fourth-order valence-electron chi connectivity index (χ4n) is 0.592. The van der Waals surface area contributed by atoms with Crippen molar-refractivity contribution < 1.29 is 9.59 Å². The molecule has 64 valence electrons. The lowest BCUT2D eigenvalue weighted by molar-refractivity contribution is 0.250. The van der Waals surface area contributed by atoms with E-state index in [1.54, 1.807) is 0 Å².